The predicted octanol–water partition coefficient (Wildman–Crippen LogP) is 3.16. The van der Waals surface area contributed by atoms with Gasteiger partial charge < -0.3 is 5.73 Å². The van der Waals surface area contributed by atoms with E-state index in [1.54, 1.807) is 13.0 Å². The second kappa shape index (κ2) is 5.12. The molecule has 0 aliphatic heterocycles. The van der Waals surface area contributed by atoms with Gasteiger partial charge in [0.15, 0.2) is 4.34 Å². The number of aromatic nitrogens is 2. The highest BCUT2D eigenvalue weighted by Crippen LogP contribution is 2.35. The Bertz CT molecular complexity index is 525. The van der Waals surface area contributed by atoms with Crippen molar-refractivity contribution in [3.63, 3.8) is 0 Å². The molecule has 0 unspecified atom stereocenters. The van der Waals surface area contributed by atoms with Crippen molar-refractivity contribution in [1.82, 2.24) is 10.2 Å². The van der Waals surface area contributed by atoms with Crippen molar-refractivity contribution in [3.05, 3.63) is 34.6 Å². The van der Waals surface area contributed by atoms with Crippen LogP contribution in [0.1, 0.15) is 23.5 Å². The third-order valence-electron chi connectivity index (χ3n) is 2.17. The van der Waals surface area contributed by atoms with Crippen LogP contribution in [0.25, 0.3) is 0 Å². The lowest BCUT2D eigenvalue weighted by Crippen LogP contribution is -2.08. The van der Waals surface area contributed by atoms with Gasteiger partial charge in [-0.25, -0.2) is 4.39 Å². The molecule has 0 aliphatic rings. The van der Waals surface area contributed by atoms with E-state index in [9.17, 15) is 4.39 Å². The third-order valence-corrected chi connectivity index (χ3v) is 4.14. The van der Waals surface area contributed by atoms with Crippen molar-refractivity contribution < 1.29 is 4.39 Å². The Labute approximate surface area is 107 Å². The third kappa shape index (κ3) is 2.83. The summed E-state index contributed by atoms with van der Waals surface area (Å²) in [7, 11) is 0. The summed E-state index contributed by atoms with van der Waals surface area (Å²) in [5.41, 5.74) is 6.32. The van der Waals surface area contributed by atoms with Gasteiger partial charge in [0.2, 0.25) is 0 Å². The summed E-state index contributed by atoms with van der Waals surface area (Å²) in [5, 5.41) is 8.84. The zero-order chi connectivity index (χ0) is 12.4. The number of rotatable bonds is 3. The summed E-state index contributed by atoms with van der Waals surface area (Å²) in [6.45, 7) is 3.66. The van der Waals surface area contributed by atoms with Crippen LogP contribution in [-0.2, 0) is 0 Å². The van der Waals surface area contributed by atoms with Gasteiger partial charge in [0.1, 0.15) is 10.8 Å². The lowest BCUT2D eigenvalue weighted by molar-refractivity contribution is 0.585. The fourth-order valence-electron chi connectivity index (χ4n) is 1.46. The molecule has 2 rings (SSSR count). The standard InChI is InChI=1S/C11H12FN3S2/c1-6(13)10-8(12)4-3-5-9(10)17-11-15-14-7(2)16-11/h3-6H,13H2,1-2H3/t6-/m1/s1. The Morgan fingerprint density at radius 2 is 2.18 bits per heavy atom. The summed E-state index contributed by atoms with van der Waals surface area (Å²) in [6, 6.07) is 4.61. The monoisotopic (exact) mass is 269 g/mol. The van der Waals surface area contributed by atoms with Crippen molar-refractivity contribution in [3.8, 4) is 0 Å². The highest BCUT2D eigenvalue weighted by atomic mass is 32.2. The molecule has 17 heavy (non-hydrogen) atoms. The maximum absolute atomic E-state index is 13.7. The van der Waals surface area contributed by atoms with Crippen molar-refractivity contribution in [1.29, 1.82) is 0 Å². The van der Waals surface area contributed by atoms with E-state index in [0.29, 0.717) is 5.56 Å². The van der Waals surface area contributed by atoms with E-state index < -0.39 is 0 Å². The number of nitrogens with zero attached hydrogens (tertiary/aromatic N) is 2. The second-order valence-electron chi connectivity index (χ2n) is 3.63. The van der Waals surface area contributed by atoms with Crippen LogP contribution in [0.5, 0.6) is 0 Å². The maximum Gasteiger partial charge on any atom is 0.179 e. The lowest BCUT2D eigenvalue weighted by Gasteiger charge is -2.11. The molecule has 2 aromatic rings. The van der Waals surface area contributed by atoms with Gasteiger partial charge in [-0.15, -0.1) is 10.2 Å². The SMILES string of the molecule is Cc1nnc(Sc2cccc(F)c2[C@@H](C)N)s1. The zero-order valence-corrected chi connectivity index (χ0v) is 11.1. The van der Waals surface area contributed by atoms with Crippen LogP contribution in [0.3, 0.4) is 0 Å². The average molecular weight is 269 g/mol. The first-order valence-electron chi connectivity index (χ1n) is 5.10. The highest BCUT2D eigenvalue weighted by molar-refractivity contribution is 8.01. The van der Waals surface area contributed by atoms with E-state index in [1.165, 1.54) is 29.2 Å². The largest absolute Gasteiger partial charge is 0.324 e. The molecular formula is C11H12FN3S2. The number of hydrogen-bond acceptors (Lipinski definition) is 5. The molecule has 1 heterocycles. The number of nitrogens with two attached hydrogens (primary N) is 1. The van der Waals surface area contributed by atoms with Crippen molar-refractivity contribution in [2.75, 3.05) is 0 Å². The van der Waals surface area contributed by atoms with E-state index >= 15 is 0 Å². The summed E-state index contributed by atoms with van der Waals surface area (Å²) in [6.07, 6.45) is 0. The minimum absolute atomic E-state index is 0.272. The van der Waals surface area contributed by atoms with Gasteiger partial charge >= 0.3 is 0 Å². The fraction of sp³-hybridized carbons (Fsp3) is 0.273. The highest BCUT2D eigenvalue weighted by Gasteiger charge is 2.14. The predicted molar refractivity (Wildman–Crippen MR) is 67.8 cm³/mol. The van der Waals surface area contributed by atoms with E-state index in [4.69, 9.17) is 5.73 Å². The van der Waals surface area contributed by atoms with Crippen LogP contribution in [0, 0.1) is 12.7 Å². The molecule has 3 nitrogen and oxygen atoms in total. The second-order valence-corrected chi connectivity index (χ2v) is 6.10. The topological polar surface area (TPSA) is 51.8 Å². The molecule has 0 saturated carbocycles. The molecule has 1 aromatic heterocycles. The van der Waals surface area contributed by atoms with Crippen LogP contribution in [0.15, 0.2) is 27.4 Å². The number of hydrogen-bond donors (Lipinski definition) is 1. The molecule has 90 valence electrons. The van der Waals surface area contributed by atoms with Gasteiger partial charge in [-0.1, -0.05) is 29.2 Å². The Kier molecular flexibility index (Phi) is 3.76. The normalized spacial score (nSPS) is 12.7. The molecule has 0 radical (unpaired) electrons. The summed E-state index contributed by atoms with van der Waals surface area (Å²) < 4.78 is 14.5. The van der Waals surface area contributed by atoms with Crippen molar-refractivity contribution in [2.45, 2.75) is 29.1 Å². The molecule has 0 saturated heterocycles. The number of halogens is 1. The minimum Gasteiger partial charge on any atom is -0.324 e. The molecule has 0 aliphatic carbocycles. The minimum atomic E-state index is -0.340. The van der Waals surface area contributed by atoms with Crippen LogP contribution < -0.4 is 5.73 Å². The number of benzene rings is 1. The quantitative estimate of drug-likeness (QED) is 0.930. The van der Waals surface area contributed by atoms with E-state index in [0.717, 1.165) is 14.2 Å². The van der Waals surface area contributed by atoms with Crippen molar-refractivity contribution >= 4 is 23.1 Å². The molecule has 6 heteroatoms. The maximum atomic E-state index is 13.7. The van der Waals surface area contributed by atoms with Crippen LogP contribution in [0.2, 0.25) is 0 Å². The van der Waals surface area contributed by atoms with E-state index in [1.807, 2.05) is 13.0 Å². The first kappa shape index (κ1) is 12.5. The van der Waals surface area contributed by atoms with E-state index in [2.05, 4.69) is 10.2 Å². The molecular weight excluding hydrogens is 257 g/mol. The first-order chi connectivity index (χ1) is 8.08. The summed E-state index contributed by atoms with van der Waals surface area (Å²) in [4.78, 5) is 0.802. The van der Waals surface area contributed by atoms with Crippen molar-refractivity contribution in [2.24, 2.45) is 5.73 Å². The molecule has 0 fully saturated rings. The summed E-state index contributed by atoms with van der Waals surface area (Å²) in [5.74, 6) is -0.272. The summed E-state index contributed by atoms with van der Waals surface area (Å²) >= 11 is 2.89. The van der Waals surface area contributed by atoms with Gasteiger partial charge in [-0.2, -0.15) is 0 Å². The van der Waals surface area contributed by atoms with Gasteiger partial charge in [-0.3, -0.25) is 0 Å². The Morgan fingerprint density at radius 3 is 2.76 bits per heavy atom. The van der Waals surface area contributed by atoms with Gasteiger partial charge in [0.05, 0.1) is 0 Å². The zero-order valence-electron chi connectivity index (χ0n) is 9.48. The number of aryl methyl sites for hydroxylation is 1. The van der Waals surface area contributed by atoms with Crippen LogP contribution in [-0.4, -0.2) is 10.2 Å². The lowest BCUT2D eigenvalue weighted by atomic mass is 10.1. The molecule has 2 N–H and O–H groups in total. The first-order valence-corrected chi connectivity index (χ1v) is 6.73. The molecule has 0 bridgehead atoms. The van der Waals surface area contributed by atoms with E-state index in [-0.39, 0.29) is 11.9 Å². The Morgan fingerprint density at radius 1 is 1.41 bits per heavy atom. The fourth-order valence-corrected chi connectivity index (χ4v) is 3.49. The molecule has 0 amide bonds. The molecule has 1 atom stereocenters. The van der Waals surface area contributed by atoms with Crippen LogP contribution >= 0.6 is 23.1 Å². The average Bonchev–Trinajstić information content (AvgIpc) is 2.63. The molecule has 0 spiro atoms. The smallest absolute Gasteiger partial charge is 0.179 e. The van der Waals surface area contributed by atoms with Crippen LogP contribution in [0.4, 0.5) is 4.39 Å². The van der Waals surface area contributed by atoms with Gasteiger partial charge in [0, 0.05) is 16.5 Å². The van der Waals surface area contributed by atoms with Gasteiger partial charge in [0.25, 0.3) is 0 Å². The Balaban J connectivity index is 2.35. The molecule has 1 aromatic carbocycles. The Hall–Kier alpha value is -0.980. The van der Waals surface area contributed by atoms with Gasteiger partial charge in [-0.05, 0) is 26.0 Å².